The van der Waals surface area contributed by atoms with E-state index in [1.807, 2.05) is 60.7 Å². The molecule has 35 heavy (non-hydrogen) atoms. The van der Waals surface area contributed by atoms with Crippen LogP contribution in [0.5, 0.6) is 5.75 Å². The number of carbonyl (C=O) groups is 1. The first kappa shape index (κ1) is 22.8. The molecule has 0 spiro atoms. The molecule has 1 amide bonds. The zero-order chi connectivity index (χ0) is 24.4. The maximum atomic E-state index is 13.5. The van der Waals surface area contributed by atoms with Gasteiger partial charge in [0, 0.05) is 11.6 Å². The zero-order valence-electron chi connectivity index (χ0n) is 19.0. The Morgan fingerprint density at radius 3 is 2.31 bits per heavy atom. The minimum absolute atomic E-state index is 0.0308. The highest BCUT2D eigenvalue weighted by Gasteiger charge is 2.29. The molecule has 3 aromatic carbocycles. The number of carbonyl (C=O) groups excluding carboxylic acids is 1. The van der Waals surface area contributed by atoms with Crippen molar-refractivity contribution in [3.05, 3.63) is 90.6 Å². The number of aromatic nitrogens is 2. The van der Waals surface area contributed by atoms with E-state index in [9.17, 15) is 13.2 Å². The van der Waals surface area contributed by atoms with Gasteiger partial charge in [-0.15, -0.1) is 0 Å². The van der Waals surface area contributed by atoms with Gasteiger partial charge in [-0.1, -0.05) is 48.5 Å². The van der Waals surface area contributed by atoms with Gasteiger partial charge in [-0.25, -0.2) is 17.8 Å². The monoisotopic (exact) mass is 488 g/mol. The van der Waals surface area contributed by atoms with Crippen LogP contribution >= 0.6 is 0 Å². The van der Waals surface area contributed by atoms with Gasteiger partial charge in [0.25, 0.3) is 5.91 Å². The van der Waals surface area contributed by atoms with Crippen molar-refractivity contribution in [1.82, 2.24) is 14.5 Å². The number of anilines is 1. The molecule has 0 radical (unpaired) electrons. The summed E-state index contributed by atoms with van der Waals surface area (Å²) in [6, 6.07) is 25.0. The summed E-state index contributed by atoms with van der Waals surface area (Å²) < 4.78 is 35.0. The van der Waals surface area contributed by atoms with E-state index in [4.69, 9.17) is 4.74 Å². The Hall–Kier alpha value is -3.95. The van der Waals surface area contributed by atoms with Crippen LogP contribution in [0.4, 0.5) is 5.69 Å². The molecule has 0 bridgehead atoms. The number of ether oxygens (including phenoxy) is 1. The van der Waals surface area contributed by atoms with E-state index in [1.165, 1.54) is 25.3 Å². The number of para-hydroxylation sites is 1. The minimum atomic E-state index is -3.70. The van der Waals surface area contributed by atoms with Crippen molar-refractivity contribution in [2.45, 2.75) is 23.8 Å². The minimum Gasteiger partial charge on any atom is -0.495 e. The Bertz CT molecular complexity index is 1460. The quantitative estimate of drug-likeness (QED) is 0.386. The molecule has 2 N–H and O–H groups in total. The Labute approximate surface area is 203 Å². The number of amides is 1. The lowest BCUT2D eigenvalue weighted by Gasteiger charge is -2.13. The number of benzene rings is 3. The Balaban J connectivity index is 1.52. The van der Waals surface area contributed by atoms with Gasteiger partial charge in [-0.2, -0.15) is 5.10 Å². The summed E-state index contributed by atoms with van der Waals surface area (Å²) in [4.78, 5) is 13.5. The molecule has 1 aliphatic carbocycles. The molecule has 4 aromatic rings. The Kier molecular flexibility index (Phi) is 6.10. The third kappa shape index (κ3) is 4.96. The van der Waals surface area contributed by atoms with Crippen molar-refractivity contribution in [3.8, 4) is 22.7 Å². The van der Waals surface area contributed by atoms with Gasteiger partial charge in [0.05, 0.1) is 29.1 Å². The van der Waals surface area contributed by atoms with Crippen molar-refractivity contribution < 1.29 is 17.9 Å². The third-order valence-corrected chi connectivity index (χ3v) is 7.16. The highest BCUT2D eigenvalue weighted by atomic mass is 32.2. The molecular weight excluding hydrogens is 464 g/mol. The lowest BCUT2D eigenvalue weighted by Crippen LogP contribution is -2.26. The van der Waals surface area contributed by atoms with Gasteiger partial charge in [0.15, 0.2) is 0 Å². The van der Waals surface area contributed by atoms with Gasteiger partial charge >= 0.3 is 0 Å². The third-order valence-electron chi connectivity index (χ3n) is 5.64. The van der Waals surface area contributed by atoms with Crippen molar-refractivity contribution in [1.29, 1.82) is 0 Å². The van der Waals surface area contributed by atoms with Crippen molar-refractivity contribution >= 4 is 21.6 Å². The molecule has 1 fully saturated rings. The largest absolute Gasteiger partial charge is 0.495 e. The van der Waals surface area contributed by atoms with E-state index < -0.39 is 15.9 Å². The first-order chi connectivity index (χ1) is 16.9. The molecule has 5 rings (SSSR count). The van der Waals surface area contributed by atoms with Crippen LogP contribution < -0.4 is 14.8 Å². The number of nitrogens with one attached hydrogen (secondary N) is 2. The van der Waals surface area contributed by atoms with Crippen LogP contribution in [0, 0.1) is 0 Å². The fourth-order valence-corrected chi connectivity index (χ4v) is 5.02. The van der Waals surface area contributed by atoms with Crippen LogP contribution in [0.3, 0.4) is 0 Å². The summed E-state index contributed by atoms with van der Waals surface area (Å²) in [6.07, 6.45) is 1.65. The predicted molar refractivity (Wildman–Crippen MR) is 133 cm³/mol. The van der Waals surface area contributed by atoms with Crippen LogP contribution in [-0.4, -0.2) is 37.3 Å². The summed E-state index contributed by atoms with van der Waals surface area (Å²) in [5.74, 6) is -0.107. The predicted octanol–water partition coefficient (Wildman–Crippen LogP) is 4.24. The smallest absolute Gasteiger partial charge is 0.274 e. The summed E-state index contributed by atoms with van der Waals surface area (Å²) >= 11 is 0. The SMILES string of the molecule is COc1ccc(S(=O)(=O)NC2CC2)cc1NC(=O)c1cc(-c2ccccc2)nn1-c1ccccc1. The van der Waals surface area contributed by atoms with Gasteiger partial charge in [0.1, 0.15) is 11.4 Å². The average Bonchev–Trinajstić information content (AvgIpc) is 3.57. The zero-order valence-corrected chi connectivity index (χ0v) is 19.8. The van der Waals surface area contributed by atoms with Crippen LogP contribution in [0.15, 0.2) is 89.8 Å². The molecule has 1 aromatic heterocycles. The van der Waals surface area contributed by atoms with Crippen molar-refractivity contribution in [2.75, 3.05) is 12.4 Å². The molecule has 0 unspecified atom stereocenters. The summed E-state index contributed by atoms with van der Waals surface area (Å²) in [7, 11) is -2.24. The normalized spacial score (nSPS) is 13.4. The molecule has 9 heteroatoms. The molecule has 178 valence electrons. The summed E-state index contributed by atoms with van der Waals surface area (Å²) in [5, 5.41) is 7.49. The van der Waals surface area contributed by atoms with E-state index in [2.05, 4.69) is 15.1 Å². The second-order valence-electron chi connectivity index (χ2n) is 8.24. The molecule has 1 heterocycles. The van der Waals surface area contributed by atoms with Gasteiger partial charge in [-0.05, 0) is 49.2 Å². The van der Waals surface area contributed by atoms with E-state index in [0.717, 1.165) is 24.1 Å². The summed E-state index contributed by atoms with van der Waals surface area (Å²) in [6.45, 7) is 0. The maximum absolute atomic E-state index is 13.5. The maximum Gasteiger partial charge on any atom is 0.274 e. The first-order valence-electron chi connectivity index (χ1n) is 11.2. The highest BCUT2D eigenvalue weighted by Crippen LogP contribution is 2.30. The van der Waals surface area contributed by atoms with Crippen LogP contribution in [-0.2, 0) is 10.0 Å². The second-order valence-corrected chi connectivity index (χ2v) is 9.95. The van der Waals surface area contributed by atoms with Gasteiger partial charge < -0.3 is 10.1 Å². The topological polar surface area (TPSA) is 102 Å². The average molecular weight is 489 g/mol. The van der Waals surface area contributed by atoms with Crippen molar-refractivity contribution in [3.63, 3.8) is 0 Å². The number of hydrogen-bond donors (Lipinski definition) is 2. The van der Waals surface area contributed by atoms with E-state index in [1.54, 1.807) is 10.7 Å². The van der Waals surface area contributed by atoms with E-state index >= 15 is 0 Å². The standard InChI is InChI=1S/C26H24N4O4S/c1-34-25-15-14-21(35(32,33)29-19-12-13-19)16-23(25)27-26(31)24-17-22(18-8-4-2-5-9-18)28-30(24)20-10-6-3-7-11-20/h2-11,14-17,19,29H,12-13H2,1H3,(H,27,31). The van der Waals surface area contributed by atoms with Gasteiger partial charge in [-0.3, -0.25) is 4.79 Å². The summed E-state index contributed by atoms with van der Waals surface area (Å²) in [5.41, 5.74) is 2.76. The fraction of sp³-hybridized carbons (Fsp3) is 0.154. The van der Waals surface area contributed by atoms with Crippen LogP contribution in [0.25, 0.3) is 16.9 Å². The number of nitrogens with zero attached hydrogens (tertiary/aromatic N) is 2. The fourth-order valence-electron chi connectivity index (χ4n) is 3.69. The first-order valence-corrected chi connectivity index (χ1v) is 12.7. The number of sulfonamides is 1. The molecule has 1 aliphatic rings. The molecule has 0 aliphatic heterocycles. The van der Waals surface area contributed by atoms with Gasteiger partial charge in [0.2, 0.25) is 10.0 Å². The molecule has 0 atom stereocenters. The van der Waals surface area contributed by atoms with Crippen LogP contribution in [0.2, 0.25) is 0 Å². The lowest BCUT2D eigenvalue weighted by molar-refractivity contribution is 0.101. The Morgan fingerprint density at radius 1 is 0.971 bits per heavy atom. The molecule has 1 saturated carbocycles. The number of rotatable bonds is 8. The van der Waals surface area contributed by atoms with Crippen molar-refractivity contribution in [2.24, 2.45) is 0 Å². The molecule has 0 saturated heterocycles. The molecular formula is C26H24N4O4S. The second kappa shape index (κ2) is 9.36. The number of methoxy groups -OCH3 is 1. The lowest BCUT2D eigenvalue weighted by atomic mass is 10.1. The highest BCUT2D eigenvalue weighted by molar-refractivity contribution is 7.89. The van der Waals surface area contributed by atoms with E-state index in [0.29, 0.717) is 17.1 Å². The van der Waals surface area contributed by atoms with E-state index in [-0.39, 0.29) is 16.6 Å². The molecule has 8 nitrogen and oxygen atoms in total. The Morgan fingerprint density at radius 2 is 1.66 bits per heavy atom. The number of hydrogen-bond acceptors (Lipinski definition) is 5. The van der Waals surface area contributed by atoms with Crippen LogP contribution in [0.1, 0.15) is 23.3 Å².